The summed E-state index contributed by atoms with van der Waals surface area (Å²) in [7, 11) is -1.90. The second-order valence-electron chi connectivity index (χ2n) is 10.0. The van der Waals surface area contributed by atoms with Gasteiger partial charge in [-0.15, -0.1) is 13.2 Å². The Bertz CT molecular complexity index is 693. The van der Waals surface area contributed by atoms with Gasteiger partial charge in [-0.2, -0.15) is 0 Å². The number of ether oxygens (including phenoxy) is 2. The van der Waals surface area contributed by atoms with Gasteiger partial charge in [-0.25, -0.2) is 0 Å². The van der Waals surface area contributed by atoms with Gasteiger partial charge < -0.3 is 13.9 Å². The highest BCUT2D eigenvalue weighted by Crippen LogP contribution is 2.38. The first-order valence-corrected chi connectivity index (χ1v) is 14.6. The molecule has 0 saturated carbocycles. The van der Waals surface area contributed by atoms with Gasteiger partial charge in [-0.3, -0.25) is 4.79 Å². The van der Waals surface area contributed by atoms with Gasteiger partial charge in [0, 0.05) is 12.8 Å². The Kier molecular flexibility index (Phi) is 12.2. The molecule has 0 N–H and O–H groups in total. The predicted molar refractivity (Wildman–Crippen MR) is 136 cm³/mol. The van der Waals surface area contributed by atoms with Crippen LogP contribution in [0, 0.1) is 0 Å². The van der Waals surface area contributed by atoms with Gasteiger partial charge in [0.25, 0.3) is 0 Å². The fraction of sp³-hybridized carbons (Fsp3) is 0.593. The molecule has 0 aliphatic carbocycles. The van der Waals surface area contributed by atoms with E-state index in [1.165, 1.54) is 0 Å². The lowest BCUT2D eigenvalue weighted by Crippen LogP contribution is -2.44. The minimum Gasteiger partial charge on any atom is -0.463 e. The highest BCUT2D eigenvalue weighted by atomic mass is 28.4. The molecular weight excluding hydrogens is 416 g/mol. The van der Waals surface area contributed by atoms with E-state index in [1.54, 1.807) is 0 Å². The lowest BCUT2D eigenvalue weighted by Gasteiger charge is -2.39. The number of carbonyl (C=O) groups is 1. The van der Waals surface area contributed by atoms with Gasteiger partial charge in [-0.05, 0) is 49.9 Å². The van der Waals surface area contributed by atoms with E-state index in [1.807, 2.05) is 49.4 Å². The Morgan fingerprint density at radius 1 is 1.06 bits per heavy atom. The van der Waals surface area contributed by atoms with Crippen LogP contribution in [0.3, 0.4) is 0 Å². The zero-order valence-electron chi connectivity index (χ0n) is 21.1. The summed E-state index contributed by atoms with van der Waals surface area (Å²) in [6, 6.07) is 10.0. The maximum atomic E-state index is 12.5. The van der Waals surface area contributed by atoms with Crippen molar-refractivity contribution < 1.29 is 18.7 Å². The molecule has 0 saturated heterocycles. The Balaban J connectivity index is 2.52. The van der Waals surface area contributed by atoms with Crippen molar-refractivity contribution >= 4 is 14.3 Å². The van der Waals surface area contributed by atoms with Crippen LogP contribution in [0.15, 0.2) is 55.6 Å². The minimum atomic E-state index is -1.90. The third-order valence-electron chi connectivity index (χ3n) is 6.05. The zero-order chi connectivity index (χ0) is 24.2. The largest absolute Gasteiger partial charge is 0.463 e. The van der Waals surface area contributed by atoms with Gasteiger partial charge in [0.15, 0.2) is 8.32 Å². The van der Waals surface area contributed by atoms with E-state index in [0.29, 0.717) is 32.3 Å². The molecule has 5 heteroatoms. The first-order valence-electron chi connectivity index (χ1n) is 11.7. The van der Waals surface area contributed by atoms with Crippen molar-refractivity contribution in [2.45, 2.75) is 103 Å². The molecule has 0 bridgehead atoms. The number of carbonyl (C=O) groups excluding carboxylic acids is 1. The molecule has 3 atom stereocenters. The first-order chi connectivity index (χ1) is 15.0. The van der Waals surface area contributed by atoms with E-state index in [2.05, 4.69) is 47.0 Å². The summed E-state index contributed by atoms with van der Waals surface area (Å²) < 4.78 is 18.2. The SMILES string of the molecule is C=CCC(CCC(=O)O[C@@H](C)C[C@H](CC=C)O[Si](C)(C)C(C)(C)C)OCc1ccccc1. The molecule has 0 fully saturated rings. The summed E-state index contributed by atoms with van der Waals surface area (Å²) in [5.74, 6) is -0.195. The van der Waals surface area contributed by atoms with Crippen molar-refractivity contribution in [3.8, 4) is 0 Å². The average Bonchev–Trinajstić information content (AvgIpc) is 2.69. The van der Waals surface area contributed by atoms with Crippen molar-refractivity contribution in [3.05, 3.63) is 61.2 Å². The summed E-state index contributed by atoms with van der Waals surface area (Å²) in [5.41, 5.74) is 1.12. The summed E-state index contributed by atoms with van der Waals surface area (Å²) in [6.45, 7) is 21.3. The first kappa shape index (κ1) is 28.3. The molecule has 180 valence electrons. The molecule has 0 spiro atoms. The maximum Gasteiger partial charge on any atom is 0.306 e. The monoisotopic (exact) mass is 460 g/mol. The highest BCUT2D eigenvalue weighted by molar-refractivity contribution is 6.74. The molecule has 0 radical (unpaired) electrons. The van der Waals surface area contributed by atoms with Crippen LogP contribution >= 0.6 is 0 Å². The van der Waals surface area contributed by atoms with Gasteiger partial charge in [-0.1, -0.05) is 63.3 Å². The van der Waals surface area contributed by atoms with E-state index in [4.69, 9.17) is 13.9 Å². The summed E-state index contributed by atoms with van der Waals surface area (Å²) >= 11 is 0. The van der Waals surface area contributed by atoms with Crippen molar-refractivity contribution in [1.29, 1.82) is 0 Å². The molecule has 0 aliphatic heterocycles. The maximum absolute atomic E-state index is 12.5. The molecule has 0 aromatic heterocycles. The molecule has 1 aromatic carbocycles. The normalized spacial score (nSPS) is 14.9. The Hall–Kier alpha value is -1.69. The van der Waals surface area contributed by atoms with Crippen LogP contribution in [0.5, 0.6) is 0 Å². The highest BCUT2D eigenvalue weighted by Gasteiger charge is 2.39. The number of benzene rings is 1. The average molecular weight is 461 g/mol. The van der Waals surface area contributed by atoms with E-state index < -0.39 is 8.32 Å². The van der Waals surface area contributed by atoms with Gasteiger partial charge in [0.1, 0.15) is 6.10 Å². The molecule has 1 rings (SSSR count). The molecule has 0 amide bonds. The Morgan fingerprint density at radius 3 is 2.22 bits per heavy atom. The quantitative estimate of drug-likeness (QED) is 0.157. The number of hydrogen-bond donors (Lipinski definition) is 0. The van der Waals surface area contributed by atoms with E-state index in [9.17, 15) is 4.79 Å². The molecule has 4 nitrogen and oxygen atoms in total. The van der Waals surface area contributed by atoms with Crippen molar-refractivity contribution in [1.82, 2.24) is 0 Å². The lowest BCUT2D eigenvalue weighted by atomic mass is 10.1. The number of hydrogen-bond acceptors (Lipinski definition) is 4. The van der Waals surface area contributed by atoms with Crippen LogP contribution in [0.25, 0.3) is 0 Å². The lowest BCUT2D eigenvalue weighted by molar-refractivity contribution is -0.150. The third kappa shape index (κ3) is 10.8. The van der Waals surface area contributed by atoms with Crippen molar-refractivity contribution in [2.24, 2.45) is 0 Å². The van der Waals surface area contributed by atoms with Crippen LogP contribution in [0.1, 0.15) is 65.4 Å². The molecule has 1 aromatic rings. The molecule has 0 heterocycles. The second kappa shape index (κ2) is 13.8. The number of esters is 1. The predicted octanol–water partition coefficient (Wildman–Crippen LogP) is 7.22. The van der Waals surface area contributed by atoms with Gasteiger partial charge in [0.05, 0.1) is 18.8 Å². The van der Waals surface area contributed by atoms with Crippen LogP contribution in [-0.4, -0.2) is 32.6 Å². The fourth-order valence-corrected chi connectivity index (χ4v) is 4.58. The second-order valence-corrected chi connectivity index (χ2v) is 14.8. The van der Waals surface area contributed by atoms with Crippen LogP contribution < -0.4 is 0 Å². The van der Waals surface area contributed by atoms with Crippen LogP contribution in [0.4, 0.5) is 0 Å². The summed E-state index contributed by atoms with van der Waals surface area (Å²) in [6.07, 6.45) is 6.54. The van der Waals surface area contributed by atoms with Crippen molar-refractivity contribution in [3.63, 3.8) is 0 Å². The van der Waals surface area contributed by atoms with Gasteiger partial charge >= 0.3 is 5.97 Å². The minimum absolute atomic E-state index is 0.0129. The van der Waals surface area contributed by atoms with E-state index in [-0.39, 0.29) is 29.3 Å². The van der Waals surface area contributed by atoms with E-state index in [0.717, 1.165) is 12.0 Å². The smallest absolute Gasteiger partial charge is 0.306 e. The van der Waals surface area contributed by atoms with E-state index >= 15 is 0 Å². The third-order valence-corrected chi connectivity index (χ3v) is 10.6. The van der Waals surface area contributed by atoms with Crippen LogP contribution in [-0.2, 0) is 25.3 Å². The Morgan fingerprint density at radius 2 is 1.66 bits per heavy atom. The molecule has 32 heavy (non-hydrogen) atoms. The topological polar surface area (TPSA) is 44.8 Å². The molecule has 0 aliphatic rings. The zero-order valence-corrected chi connectivity index (χ0v) is 22.1. The van der Waals surface area contributed by atoms with Crippen LogP contribution in [0.2, 0.25) is 18.1 Å². The fourth-order valence-electron chi connectivity index (χ4n) is 3.20. The summed E-state index contributed by atoms with van der Waals surface area (Å²) in [5, 5.41) is 0.131. The number of rotatable bonds is 15. The van der Waals surface area contributed by atoms with Crippen molar-refractivity contribution in [2.75, 3.05) is 0 Å². The molecular formula is C27H44O4Si. The molecule has 1 unspecified atom stereocenters. The standard InChI is InChI=1S/C27H44O4Si/c1-9-14-24(29-21-23-16-12-11-13-17-23)18-19-26(28)30-22(3)20-25(15-10-2)31-32(7,8)27(4,5)6/h9-13,16-17,22,24-25H,1-2,14-15,18-21H2,3-8H3/t22-,24?,25-/m0/s1. The Labute approximate surface area is 197 Å². The summed E-state index contributed by atoms with van der Waals surface area (Å²) in [4.78, 5) is 12.5. The van der Waals surface area contributed by atoms with Gasteiger partial charge in [0.2, 0.25) is 0 Å².